The molecule has 0 saturated carbocycles. The molecule has 5 heteroatoms. The van der Waals surface area contributed by atoms with E-state index in [1.54, 1.807) is 6.07 Å². The van der Waals surface area contributed by atoms with Crippen molar-refractivity contribution in [3.63, 3.8) is 0 Å². The number of halogens is 1. The molecule has 1 N–H and O–H groups in total. The predicted octanol–water partition coefficient (Wildman–Crippen LogP) is 4.55. The van der Waals surface area contributed by atoms with Crippen LogP contribution < -0.4 is 10.1 Å². The Bertz CT molecular complexity index is 915. The summed E-state index contributed by atoms with van der Waals surface area (Å²) in [5.41, 5.74) is 3.85. The molecule has 2 aromatic carbocycles. The predicted molar refractivity (Wildman–Crippen MR) is 110 cm³/mol. The largest absolute Gasteiger partial charge is 0.490 e. The average molecular weight is 379 g/mol. The average Bonchev–Trinajstić information content (AvgIpc) is 2.70. The zero-order valence-corrected chi connectivity index (χ0v) is 16.6. The molecule has 1 aliphatic rings. The van der Waals surface area contributed by atoms with Gasteiger partial charge in [-0.15, -0.1) is 0 Å². The van der Waals surface area contributed by atoms with E-state index in [0.717, 1.165) is 47.4 Å². The number of fused-ring (bicyclic) bond motifs is 1. The summed E-state index contributed by atoms with van der Waals surface area (Å²) in [5, 5.41) is 12.2. The zero-order valence-electron chi connectivity index (χ0n) is 16.6. The summed E-state index contributed by atoms with van der Waals surface area (Å²) in [4.78, 5) is 2.15. The van der Waals surface area contributed by atoms with E-state index in [2.05, 4.69) is 31.2 Å². The van der Waals surface area contributed by atoms with E-state index in [4.69, 9.17) is 10.00 Å². The van der Waals surface area contributed by atoms with Crippen molar-refractivity contribution in [3.8, 4) is 22.9 Å². The minimum Gasteiger partial charge on any atom is -0.490 e. The molecule has 0 spiro atoms. The first-order valence-electron chi connectivity index (χ1n) is 9.60. The monoisotopic (exact) mass is 379 g/mol. The summed E-state index contributed by atoms with van der Waals surface area (Å²) in [5.74, 6) is 0.328. The Kier molecular flexibility index (Phi) is 6.33. The van der Waals surface area contributed by atoms with E-state index in [-0.39, 0.29) is 11.7 Å². The van der Waals surface area contributed by atoms with Crippen molar-refractivity contribution in [2.24, 2.45) is 0 Å². The van der Waals surface area contributed by atoms with Gasteiger partial charge in [0.25, 0.3) is 0 Å². The molecule has 1 atom stereocenters. The van der Waals surface area contributed by atoms with Gasteiger partial charge in [0.1, 0.15) is 17.6 Å². The van der Waals surface area contributed by atoms with Crippen molar-refractivity contribution < 1.29 is 9.13 Å². The number of nitriles is 1. The van der Waals surface area contributed by atoms with Gasteiger partial charge < -0.3 is 15.0 Å². The first-order valence-corrected chi connectivity index (χ1v) is 9.60. The van der Waals surface area contributed by atoms with Crippen LogP contribution in [0.4, 0.5) is 4.39 Å². The van der Waals surface area contributed by atoms with E-state index in [1.807, 2.05) is 30.5 Å². The molecule has 0 aromatic heterocycles. The molecule has 3 rings (SSSR count). The standard InChI is InChI=1S/C23H26FN3O/c1-4-20(8-10-27(2)3)28-23-13-19(11-17-7-9-26-15-21(17)23)16-5-6-18(14-25)22(24)12-16/h5-7,9,11-13,20,26H,4,8,10,15H2,1-3H3. The lowest BCUT2D eigenvalue weighted by Gasteiger charge is -2.24. The van der Waals surface area contributed by atoms with Gasteiger partial charge in [-0.1, -0.05) is 13.0 Å². The molecule has 146 valence electrons. The summed E-state index contributed by atoms with van der Waals surface area (Å²) in [6.07, 6.45) is 5.90. The van der Waals surface area contributed by atoms with Crippen molar-refractivity contribution in [1.29, 1.82) is 5.26 Å². The van der Waals surface area contributed by atoms with Crippen molar-refractivity contribution >= 4 is 6.08 Å². The van der Waals surface area contributed by atoms with E-state index < -0.39 is 5.82 Å². The van der Waals surface area contributed by atoms with Crippen molar-refractivity contribution in [1.82, 2.24) is 10.2 Å². The number of rotatable bonds is 7. The van der Waals surface area contributed by atoms with Gasteiger partial charge in [-0.3, -0.25) is 0 Å². The van der Waals surface area contributed by atoms with Crippen LogP contribution in [0.25, 0.3) is 17.2 Å². The summed E-state index contributed by atoms with van der Waals surface area (Å²) in [7, 11) is 4.12. The van der Waals surface area contributed by atoms with Gasteiger partial charge in [0.2, 0.25) is 0 Å². The van der Waals surface area contributed by atoms with Gasteiger partial charge >= 0.3 is 0 Å². The third kappa shape index (κ3) is 4.52. The number of benzene rings is 2. The Morgan fingerprint density at radius 3 is 2.75 bits per heavy atom. The first kappa shape index (κ1) is 19.9. The quantitative estimate of drug-likeness (QED) is 0.767. The van der Waals surface area contributed by atoms with Gasteiger partial charge in [0, 0.05) is 18.7 Å². The topological polar surface area (TPSA) is 48.3 Å². The second-order valence-electron chi connectivity index (χ2n) is 7.30. The number of nitrogens with zero attached hydrogens (tertiary/aromatic N) is 2. The van der Waals surface area contributed by atoms with Gasteiger partial charge in [-0.05, 0) is 80.2 Å². The summed E-state index contributed by atoms with van der Waals surface area (Å²) in [6, 6.07) is 10.6. The summed E-state index contributed by atoms with van der Waals surface area (Å²) < 4.78 is 20.5. The van der Waals surface area contributed by atoms with Crippen LogP contribution in [0.15, 0.2) is 36.5 Å². The molecule has 28 heavy (non-hydrogen) atoms. The van der Waals surface area contributed by atoms with E-state index >= 15 is 0 Å². The number of ether oxygens (including phenoxy) is 1. The fourth-order valence-electron chi connectivity index (χ4n) is 3.30. The van der Waals surface area contributed by atoms with Gasteiger partial charge in [-0.25, -0.2) is 4.39 Å². The second kappa shape index (κ2) is 8.90. The zero-order chi connectivity index (χ0) is 20.1. The number of hydrogen-bond acceptors (Lipinski definition) is 4. The minimum absolute atomic E-state index is 0.0528. The van der Waals surface area contributed by atoms with Crippen LogP contribution in [0.2, 0.25) is 0 Å². The molecule has 1 heterocycles. The van der Waals surface area contributed by atoms with E-state index in [9.17, 15) is 4.39 Å². The maximum absolute atomic E-state index is 14.1. The summed E-state index contributed by atoms with van der Waals surface area (Å²) >= 11 is 0. The Morgan fingerprint density at radius 2 is 2.07 bits per heavy atom. The van der Waals surface area contributed by atoms with Crippen molar-refractivity contribution in [3.05, 3.63) is 59.0 Å². The van der Waals surface area contributed by atoms with Crippen molar-refractivity contribution in [2.75, 3.05) is 20.6 Å². The minimum atomic E-state index is -0.505. The van der Waals surface area contributed by atoms with Crippen LogP contribution >= 0.6 is 0 Å². The molecule has 0 bridgehead atoms. The smallest absolute Gasteiger partial charge is 0.141 e. The lowest BCUT2D eigenvalue weighted by Crippen LogP contribution is -2.24. The molecule has 0 aliphatic carbocycles. The molecule has 0 fully saturated rings. The van der Waals surface area contributed by atoms with Crippen LogP contribution in [-0.4, -0.2) is 31.6 Å². The normalized spacial score (nSPS) is 13.6. The molecular weight excluding hydrogens is 353 g/mol. The van der Waals surface area contributed by atoms with Gasteiger partial charge in [0.15, 0.2) is 0 Å². The van der Waals surface area contributed by atoms with Crippen LogP contribution in [-0.2, 0) is 6.54 Å². The molecule has 0 amide bonds. The summed E-state index contributed by atoms with van der Waals surface area (Å²) in [6.45, 7) is 3.79. The fourth-order valence-corrected chi connectivity index (χ4v) is 3.30. The molecule has 4 nitrogen and oxygen atoms in total. The molecule has 1 unspecified atom stereocenters. The van der Waals surface area contributed by atoms with Crippen LogP contribution in [0.1, 0.15) is 36.5 Å². The highest BCUT2D eigenvalue weighted by atomic mass is 19.1. The highest BCUT2D eigenvalue weighted by molar-refractivity contribution is 5.73. The molecule has 0 saturated heterocycles. The van der Waals surface area contributed by atoms with E-state index in [1.165, 1.54) is 12.1 Å². The third-order valence-electron chi connectivity index (χ3n) is 4.97. The Balaban J connectivity index is 1.98. The molecule has 2 aromatic rings. The SMILES string of the molecule is CCC(CCN(C)C)Oc1cc(-c2ccc(C#N)c(F)c2)cc2c1CNC=C2. The third-order valence-corrected chi connectivity index (χ3v) is 4.97. The van der Waals surface area contributed by atoms with Crippen molar-refractivity contribution in [2.45, 2.75) is 32.4 Å². The molecule has 0 radical (unpaired) electrons. The Labute approximate surface area is 166 Å². The van der Waals surface area contributed by atoms with Gasteiger partial charge in [0.05, 0.1) is 11.7 Å². The van der Waals surface area contributed by atoms with Crippen LogP contribution in [0.5, 0.6) is 5.75 Å². The lowest BCUT2D eigenvalue weighted by atomic mass is 9.96. The number of nitrogens with one attached hydrogen (secondary N) is 1. The number of hydrogen-bond donors (Lipinski definition) is 1. The highest BCUT2D eigenvalue weighted by Crippen LogP contribution is 2.34. The Hall–Kier alpha value is -2.84. The molecular formula is C23H26FN3O. The Morgan fingerprint density at radius 1 is 1.25 bits per heavy atom. The lowest BCUT2D eigenvalue weighted by molar-refractivity contribution is 0.171. The maximum atomic E-state index is 14.1. The second-order valence-corrected chi connectivity index (χ2v) is 7.30. The van der Waals surface area contributed by atoms with Crippen LogP contribution in [0.3, 0.4) is 0 Å². The van der Waals surface area contributed by atoms with Crippen LogP contribution in [0, 0.1) is 17.1 Å². The maximum Gasteiger partial charge on any atom is 0.141 e. The van der Waals surface area contributed by atoms with E-state index in [0.29, 0.717) is 6.54 Å². The fraction of sp³-hybridized carbons (Fsp3) is 0.348. The first-order chi connectivity index (χ1) is 13.5. The highest BCUT2D eigenvalue weighted by Gasteiger charge is 2.18. The van der Waals surface area contributed by atoms with Gasteiger partial charge in [-0.2, -0.15) is 5.26 Å². The molecule has 1 aliphatic heterocycles.